The second-order valence-corrected chi connectivity index (χ2v) is 3.53. The summed E-state index contributed by atoms with van der Waals surface area (Å²) in [6.45, 7) is 1.32. The average Bonchev–Trinajstić information content (AvgIpc) is 2.65. The molecule has 1 aliphatic heterocycles. The highest BCUT2D eigenvalue weighted by atomic mass is 16.3. The number of aliphatic hydroxyl groups is 1. The normalized spacial score (nSPS) is 20.6. The van der Waals surface area contributed by atoms with Crippen LogP contribution in [-0.2, 0) is 0 Å². The number of carbonyl (C=O) groups is 1. The summed E-state index contributed by atoms with van der Waals surface area (Å²) in [5, 5.41) is 16.9. The molecule has 2 heterocycles. The molecule has 0 aliphatic carbocycles. The summed E-state index contributed by atoms with van der Waals surface area (Å²) < 4.78 is 0. The molecule has 6 nitrogen and oxygen atoms in total. The molecular formula is C9H12N4O2. The highest BCUT2D eigenvalue weighted by Gasteiger charge is 2.21. The molecule has 1 unspecified atom stereocenters. The van der Waals surface area contributed by atoms with Crippen LogP contribution in [0.25, 0.3) is 0 Å². The molecule has 2 rings (SSSR count). The van der Waals surface area contributed by atoms with Crippen LogP contribution < -0.4 is 10.6 Å². The van der Waals surface area contributed by atoms with E-state index < -0.39 is 5.91 Å². The number of aliphatic hydroxyl groups excluding tert-OH is 1. The molecule has 3 N–H and O–H groups in total. The zero-order valence-corrected chi connectivity index (χ0v) is 8.13. The number of primary amides is 1. The molecule has 1 amide bonds. The van der Waals surface area contributed by atoms with Gasteiger partial charge in [0.15, 0.2) is 11.5 Å². The molecule has 15 heavy (non-hydrogen) atoms. The van der Waals surface area contributed by atoms with Gasteiger partial charge in [0.05, 0.1) is 6.10 Å². The third kappa shape index (κ3) is 2.04. The van der Waals surface area contributed by atoms with E-state index in [1.165, 1.54) is 6.07 Å². The van der Waals surface area contributed by atoms with Crippen LogP contribution in [0.4, 0.5) is 5.82 Å². The molecule has 1 atom stereocenters. The maximum absolute atomic E-state index is 10.8. The standard InChI is InChI=1S/C9H12N4O2/c10-9(15)7-1-2-8(12-11-7)13-4-3-6(14)5-13/h1-2,6,14H,3-5H2,(H2,10,15). The summed E-state index contributed by atoms with van der Waals surface area (Å²) in [5.74, 6) is 0.0760. The number of anilines is 1. The van der Waals surface area contributed by atoms with Crippen molar-refractivity contribution in [3.8, 4) is 0 Å². The summed E-state index contributed by atoms with van der Waals surface area (Å²) in [5.41, 5.74) is 5.20. The number of aromatic nitrogens is 2. The van der Waals surface area contributed by atoms with Crippen molar-refractivity contribution < 1.29 is 9.90 Å². The van der Waals surface area contributed by atoms with Crippen LogP contribution >= 0.6 is 0 Å². The average molecular weight is 208 g/mol. The lowest BCUT2D eigenvalue weighted by Crippen LogP contribution is -2.23. The molecule has 1 aromatic heterocycles. The number of hydrogen-bond acceptors (Lipinski definition) is 5. The Bertz CT molecular complexity index is 365. The number of hydrogen-bond donors (Lipinski definition) is 2. The molecule has 0 saturated carbocycles. The molecule has 1 fully saturated rings. The number of nitrogens with zero attached hydrogens (tertiary/aromatic N) is 3. The summed E-state index contributed by atoms with van der Waals surface area (Å²) in [6.07, 6.45) is 0.432. The minimum Gasteiger partial charge on any atom is -0.391 e. The smallest absolute Gasteiger partial charge is 0.269 e. The van der Waals surface area contributed by atoms with E-state index in [1.807, 2.05) is 4.90 Å². The Hall–Kier alpha value is -1.69. The Morgan fingerprint density at radius 1 is 1.53 bits per heavy atom. The third-order valence-corrected chi connectivity index (χ3v) is 2.39. The minimum atomic E-state index is -0.587. The van der Waals surface area contributed by atoms with Gasteiger partial charge in [0, 0.05) is 13.1 Å². The lowest BCUT2D eigenvalue weighted by atomic mass is 10.3. The fourth-order valence-electron chi connectivity index (χ4n) is 1.58. The molecule has 80 valence electrons. The fourth-order valence-corrected chi connectivity index (χ4v) is 1.58. The predicted molar refractivity (Wildman–Crippen MR) is 53.4 cm³/mol. The summed E-state index contributed by atoms with van der Waals surface area (Å²) in [6, 6.07) is 3.22. The van der Waals surface area contributed by atoms with E-state index in [-0.39, 0.29) is 11.8 Å². The van der Waals surface area contributed by atoms with Gasteiger partial charge in [0.2, 0.25) is 0 Å². The highest BCUT2D eigenvalue weighted by molar-refractivity contribution is 5.90. The van der Waals surface area contributed by atoms with E-state index >= 15 is 0 Å². The summed E-state index contributed by atoms with van der Waals surface area (Å²) in [7, 11) is 0. The maximum atomic E-state index is 10.8. The van der Waals surface area contributed by atoms with Crippen molar-refractivity contribution in [3.63, 3.8) is 0 Å². The van der Waals surface area contributed by atoms with E-state index in [0.717, 1.165) is 13.0 Å². The summed E-state index contributed by atoms with van der Waals surface area (Å²) >= 11 is 0. The molecule has 0 radical (unpaired) electrons. The second-order valence-electron chi connectivity index (χ2n) is 3.53. The molecule has 1 saturated heterocycles. The quantitative estimate of drug-likeness (QED) is 0.660. The van der Waals surface area contributed by atoms with Gasteiger partial charge in [0.1, 0.15) is 0 Å². The van der Waals surface area contributed by atoms with Crippen LogP contribution in [0.2, 0.25) is 0 Å². The van der Waals surface area contributed by atoms with Gasteiger partial charge >= 0.3 is 0 Å². The molecular weight excluding hydrogens is 196 g/mol. The number of carbonyl (C=O) groups excluding carboxylic acids is 1. The van der Waals surface area contributed by atoms with E-state index in [4.69, 9.17) is 5.73 Å². The lowest BCUT2D eigenvalue weighted by Gasteiger charge is -2.15. The Morgan fingerprint density at radius 3 is 2.80 bits per heavy atom. The Kier molecular flexibility index (Phi) is 2.51. The van der Waals surface area contributed by atoms with E-state index in [1.54, 1.807) is 6.07 Å². The molecule has 0 bridgehead atoms. The zero-order chi connectivity index (χ0) is 10.8. The lowest BCUT2D eigenvalue weighted by molar-refractivity contribution is 0.0994. The van der Waals surface area contributed by atoms with Crippen LogP contribution in [-0.4, -0.2) is 40.4 Å². The largest absolute Gasteiger partial charge is 0.391 e. The van der Waals surface area contributed by atoms with Crippen molar-refractivity contribution in [1.29, 1.82) is 0 Å². The first-order valence-electron chi connectivity index (χ1n) is 4.73. The van der Waals surface area contributed by atoms with Gasteiger partial charge in [-0.05, 0) is 18.6 Å². The highest BCUT2D eigenvalue weighted by Crippen LogP contribution is 2.16. The van der Waals surface area contributed by atoms with Crippen molar-refractivity contribution in [3.05, 3.63) is 17.8 Å². The first-order chi connectivity index (χ1) is 7.16. The number of amides is 1. The Balaban J connectivity index is 2.13. The van der Waals surface area contributed by atoms with Crippen molar-refractivity contribution in [2.24, 2.45) is 5.73 Å². The van der Waals surface area contributed by atoms with Crippen LogP contribution in [0.3, 0.4) is 0 Å². The van der Waals surface area contributed by atoms with Crippen molar-refractivity contribution in [1.82, 2.24) is 10.2 Å². The van der Waals surface area contributed by atoms with Crippen LogP contribution in [0.15, 0.2) is 12.1 Å². The van der Waals surface area contributed by atoms with Crippen molar-refractivity contribution in [2.75, 3.05) is 18.0 Å². The van der Waals surface area contributed by atoms with Gasteiger partial charge in [-0.25, -0.2) is 0 Å². The number of nitrogens with two attached hydrogens (primary N) is 1. The number of rotatable bonds is 2. The topological polar surface area (TPSA) is 92.3 Å². The minimum absolute atomic E-state index is 0.151. The first-order valence-corrected chi connectivity index (χ1v) is 4.73. The van der Waals surface area contributed by atoms with Crippen LogP contribution in [0, 0.1) is 0 Å². The Morgan fingerprint density at radius 2 is 2.33 bits per heavy atom. The van der Waals surface area contributed by atoms with E-state index in [0.29, 0.717) is 12.4 Å². The fraction of sp³-hybridized carbons (Fsp3) is 0.444. The van der Waals surface area contributed by atoms with E-state index in [9.17, 15) is 9.90 Å². The van der Waals surface area contributed by atoms with Crippen LogP contribution in [0.1, 0.15) is 16.9 Å². The van der Waals surface area contributed by atoms with Crippen molar-refractivity contribution >= 4 is 11.7 Å². The molecule has 0 spiro atoms. The predicted octanol–water partition coefficient (Wildman–Crippen LogP) is -0.854. The first kappa shape index (κ1) is 9.85. The van der Waals surface area contributed by atoms with Crippen molar-refractivity contribution in [2.45, 2.75) is 12.5 Å². The van der Waals surface area contributed by atoms with Gasteiger partial charge in [-0.1, -0.05) is 0 Å². The monoisotopic (exact) mass is 208 g/mol. The number of β-amino-alcohol motifs (C(OH)–C–C–N with tert-alkyl or cyclic N) is 1. The van der Waals surface area contributed by atoms with Gasteiger partial charge in [-0.3, -0.25) is 4.79 Å². The van der Waals surface area contributed by atoms with E-state index in [2.05, 4.69) is 10.2 Å². The second kappa shape index (κ2) is 3.82. The van der Waals surface area contributed by atoms with Gasteiger partial charge in [0.25, 0.3) is 5.91 Å². The zero-order valence-electron chi connectivity index (χ0n) is 8.13. The molecule has 1 aliphatic rings. The summed E-state index contributed by atoms with van der Waals surface area (Å²) in [4.78, 5) is 12.7. The Labute approximate surface area is 86.7 Å². The van der Waals surface area contributed by atoms with Crippen LogP contribution in [0.5, 0.6) is 0 Å². The van der Waals surface area contributed by atoms with Gasteiger partial charge < -0.3 is 15.7 Å². The third-order valence-electron chi connectivity index (χ3n) is 2.39. The van der Waals surface area contributed by atoms with Gasteiger partial charge in [-0.2, -0.15) is 0 Å². The van der Waals surface area contributed by atoms with Gasteiger partial charge in [-0.15, -0.1) is 10.2 Å². The SMILES string of the molecule is NC(=O)c1ccc(N2CCC(O)C2)nn1. The molecule has 6 heteroatoms. The molecule has 0 aromatic carbocycles. The maximum Gasteiger partial charge on any atom is 0.269 e. The molecule has 1 aromatic rings.